The number of nitrogens with zero attached hydrogens (tertiary/aromatic N) is 1. The lowest BCUT2D eigenvalue weighted by Gasteiger charge is -2.25. The maximum Gasteiger partial charge on any atom is 0.0779 e. The molecule has 14 heavy (non-hydrogen) atoms. The van der Waals surface area contributed by atoms with Crippen LogP contribution in [-0.2, 0) is 4.74 Å². The number of nitrogens with one attached hydrogen (secondary N) is 1. The van der Waals surface area contributed by atoms with Crippen LogP contribution in [0.15, 0.2) is 0 Å². The first-order chi connectivity index (χ1) is 6.68. The Kier molecular flexibility index (Phi) is 3.10. The van der Waals surface area contributed by atoms with E-state index in [9.17, 15) is 0 Å². The fraction of sp³-hybridized carbons (Fsp3) is 1.00. The highest BCUT2D eigenvalue weighted by atomic mass is 16.5. The van der Waals surface area contributed by atoms with Gasteiger partial charge in [0.1, 0.15) is 0 Å². The van der Waals surface area contributed by atoms with Crippen molar-refractivity contribution in [3.63, 3.8) is 0 Å². The summed E-state index contributed by atoms with van der Waals surface area (Å²) in [5.74, 6) is 0. The third-order valence-electron chi connectivity index (χ3n) is 3.46. The average molecular weight is 198 g/mol. The minimum absolute atomic E-state index is 0.112. The summed E-state index contributed by atoms with van der Waals surface area (Å²) in [6.45, 7) is 6.62. The van der Waals surface area contributed by atoms with Crippen molar-refractivity contribution in [2.75, 3.05) is 33.3 Å². The van der Waals surface area contributed by atoms with Gasteiger partial charge in [-0.25, -0.2) is 0 Å². The Bertz CT molecular complexity index is 190. The molecule has 3 heteroatoms. The molecule has 2 rings (SSSR count). The van der Waals surface area contributed by atoms with E-state index in [1.165, 1.54) is 32.4 Å². The first-order valence-electron chi connectivity index (χ1n) is 5.74. The van der Waals surface area contributed by atoms with Gasteiger partial charge in [0, 0.05) is 25.7 Å². The molecule has 2 atom stereocenters. The largest absolute Gasteiger partial charge is 0.374 e. The quantitative estimate of drug-likeness (QED) is 0.727. The van der Waals surface area contributed by atoms with Crippen molar-refractivity contribution in [2.45, 2.75) is 37.8 Å². The third kappa shape index (κ3) is 2.47. The van der Waals surface area contributed by atoms with Crippen LogP contribution in [0.2, 0.25) is 0 Å². The molecule has 82 valence electrons. The summed E-state index contributed by atoms with van der Waals surface area (Å²) in [5.41, 5.74) is 0.112. The van der Waals surface area contributed by atoms with E-state index in [1.807, 2.05) is 0 Å². The van der Waals surface area contributed by atoms with Crippen LogP contribution in [0.25, 0.3) is 0 Å². The highest BCUT2D eigenvalue weighted by Gasteiger charge is 2.31. The number of rotatable bonds is 3. The second-order valence-corrected chi connectivity index (χ2v) is 5.03. The molecule has 2 aliphatic rings. The van der Waals surface area contributed by atoms with Crippen LogP contribution in [0.4, 0.5) is 0 Å². The lowest BCUT2D eigenvalue weighted by molar-refractivity contribution is 0.0190. The molecule has 3 nitrogen and oxygen atoms in total. The summed E-state index contributed by atoms with van der Waals surface area (Å²) < 4.78 is 5.75. The molecule has 2 aliphatic heterocycles. The van der Waals surface area contributed by atoms with Crippen LogP contribution < -0.4 is 5.32 Å². The molecule has 2 heterocycles. The number of hydrogen-bond acceptors (Lipinski definition) is 3. The second-order valence-electron chi connectivity index (χ2n) is 5.03. The highest BCUT2D eigenvalue weighted by Crippen LogP contribution is 2.24. The topological polar surface area (TPSA) is 24.5 Å². The van der Waals surface area contributed by atoms with Gasteiger partial charge in [0.15, 0.2) is 0 Å². The van der Waals surface area contributed by atoms with E-state index >= 15 is 0 Å². The molecule has 0 radical (unpaired) electrons. The van der Waals surface area contributed by atoms with Crippen LogP contribution in [0.1, 0.15) is 26.2 Å². The van der Waals surface area contributed by atoms with E-state index in [-0.39, 0.29) is 5.60 Å². The fourth-order valence-electron chi connectivity index (χ4n) is 2.44. The summed E-state index contributed by atoms with van der Waals surface area (Å²) in [6, 6.07) is 0.682. The molecule has 2 saturated heterocycles. The molecule has 0 aromatic heterocycles. The van der Waals surface area contributed by atoms with Gasteiger partial charge in [-0.3, -0.25) is 0 Å². The van der Waals surface area contributed by atoms with E-state index in [1.54, 1.807) is 0 Å². The summed E-state index contributed by atoms with van der Waals surface area (Å²) >= 11 is 0. The molecular weight excluding hydrogens is 176 g/mol. The van der Waals surface area contributed by atoms with Crippen molar-refractivity contribution in [1.82, 2.24) is 10.2 Å². The Hall–Kier alpha value is -0.120. The molecular formula is C11H22N2O. The molecule has 0 spiro atoms. The highest BCUT2D eigenvalue weighted by molar-refractivity contribution is 4.86. The van der Waals surface area contributed by atoms with Crippen molar-refractivity contribution in [3.8, 4) is 0 Å². The monoisotopic (exact) mass is 198 g/mol. The van der Waals surface area contributed by atoms with Gasteiger partial charge in [0.25, 0.3) is 0 Å². The zero-order valence-corrected chi connectivity index (χ0v) is 9.38. The van der Waals surface area contributed by atoms with Crippen molar-refractivity contribution < 1.29 is 4.74 Å². The third-order valence-corrected chi connectivity index (χ3v) is 3.46. The van der Waals surface area contributed by atoms with Crippen LogP contribution in [0.5, 0.6) is 0 Å². The van der Waals surface area contributed by atoms with Gasteiger partial charge in [-0.2, -0.15) is 0 Å². The Morgan fingerprint density at radius 1 is 1.57 bits per heavy atom. The van der Waals surface area contributed by atoms with Crippen LogP contribution >= 0.6 is 0 Å². The average Bonchev–Trinajstić information content (AvgIpc) is 2.73. The van der Waals surface area contributed by atoms with Crippen LogP contribution in [0.3, 0.4) is 0 Å². The molecule has 1 N–H and O–H groups in total. The lowest BCUT2D eigenvalue weighted by Crippen LogP contribution is -2.43. The maximum absolute atomic E-state index is 5.75. The molecule has 0 aromatic rings. The second kappa shape index (κ2) is 4.17. The Morgan fingerprint density at radius 3 is 3.00 bits per heavy atom. The van der Waals surface area contributed by atoms with E-state index in [2.05, 4.69) is 24.2 Å². The number of ether oxygens (including phenoxy) is 1. The standard InChI is InChI=1S/C11H22N2O/c1-11(5-3-7-14-11)9-12-10-4-6-13(2)8-10/h10,12H,3-9H2,1-2H3. The van der Waals surface area contributed by atoms with E-state index in [0.717, 1.165) is 13.2 Å². The SMILES string of the molecule is CN1CCC(NCC2(C)CCCO2)C1. The Labute approximate surface area is 86.8 Å². The number of likely N-dealkylation sites (N-methyl/N-ethyl adjacent to an activating group) is 1. The zero-order valence-electron chi connectivity index (χ0n) is 9.38. The van der Waals surface area contributed by atoms with Gasteiger partial charge < -0.3 is 15.0 Å². The van der Waals surface area contributed by atoms with Gasteiger partial charge in [0.2, 0.25) is 0 Å². The van der Waals surface area contributed by atoms with Crippen molar-refractivity contribution in [3.05, 3.63) is 0 Å². The molecule has 0 amide bonds. The molecule has 2 fully saturated rings. The van der Waals surface area contributed by atoms with E-state index < -0.39 is 0 Å². The predicted octanol–water partition coefficient (Wildman–Crippen LogP) is 0.849. The molecule has 0 aliphatic carbocycles. The number of hydrogen-bond donors (Lipinski definition) is 1. The van der Waals surface area contributed by atoms with Gasteiger partial charge in [0.05, 0.1) is 5.60 Å². The lowest BCUT2D eigenvalue weighted by atomic mass is 10.0. The fourth-order valence-corrected chi connectivity index (χ4v) is 2.44. The van der Waals surface area contributed by atoms with Crippen molar-refractivity contribution in [1.29, 1.82) is 0 Å². The van der Waals surface area contributed by atoms with E-state index in [0.29, 0.717) is 6.04 Å². The smallest absolute Gasteiger partial charge is 0.0779 e. The predicted molar refractivity (Wildman–Crippen MR) is 57.5 cm³/mol. The summed E-state index contributed by atoms with van der Waals surface area (Å²) in [6.07, 6.45) is 3.72. The maximum atomic E-state index is 5.75. The Morgan fingerprint density at radius 2 is 2.43 bits per heavy atom. The molecule has 2 unspecified atom stereocenters. The molecule has 0 aromatic carbocycles. The first-order valence-corrected chi connectivity index (χ1v) is 5.74. The van der Waals surface area contributed by atoms with Crippen LogP contribution in [-0.4, -0.2) is 49.8 Å². The Balaban J connectivity index is 1.71. The first kappa shape index (κ1) is 10.4. The van der Waals surface area contributed by atoms with Gasteiger partial charge in [-0.1, -0.05) is 0 Å². The van der Waals surface area contributed by atoms with Gasteiger partial charge >= 0.3 is 0 Å². The molecule has 0 saturated carbocycles. The van der Waals surface area contributed by atoms with Crippen molar-refractivity contribution in [2.24, 2.45) is 0 Å². The minimum atomic E-state index is 0.112. The van der Waals surface area contributed by atoms with Gasteiger partial charge in [-0.05, 0) is 39.8 Å². The zero-order chi connectivity index (χ0) is 10.0. The van der Waals surface area contributed by atoms with Crippen molar-refractivity contribution >= 4 is 0 Å². The van der Waals surface area contributed by atoms with Gasteiger partial charge in [-0.15, -0.1) is 0 Å². The number of likely N-dealkylation sites (tertiary alicyclic amines) is 1. The minimum Gasteiger partial charge on any atom is -0.374 e. The summed E-state index contributed by atoms with van der Waals surface area (Å²) in [5, 5.41) is 3.63. The summed E-state index contributed by atoms with van der Waals surface area (Å²) in [7, 11) is 2.19. The molecule has 0 bridgehead atoms. The normalized spacial score (nSPS) is 39.4. The van der Waals surface area contributed by atoms with Crippen LogP contribution in [0, 0.1) is 0 Å². The summed E-state index contributed by atoms with van der Waals surface area (Å²) in [4.78, 5) is 2.38. The van der Waals surface area contributed by atoms with E-state index in [4.69, 9.17) is 4.74 Å².